The molecule has 1 aromatic rings. The molecule has 16 heavy (non-hydrogen) atoms. The van der Waals surface area contributed by atoms with E-state index in [1.165, 1.54) is 0 Å². The summed E-state index contributed by atoms with van der Waals surface area (Å²) in [6, 6.07) is 5.38. The molecule has 3 nitrogen and oxygen atoms in total. The van der Waals surface area contributed by atoms with Gasteiger partial charge in [0, 0.05) is 8.95 Å². The predicted molar refractivity (Wildman–Crippen MR) is 70.1 cm³/mol. The first-order valence-electron chi connectivity index (χ1n) is 4.73. The Labute approximate surface area is 112 Å². The van der Waals surface area contributed by atoms with Crippen molar-refractivity contribution >= 4 is 37.8 Å². The normalized spacial score (nSPS) is 11.3. The largest absolute Gasteiger partial charge is 0.276 e. The molecule has 1 rings (SSSR count). The topological polar surface area (TPSA) is 38.3 Å². The second-order valence-electron chi connectivity index (χ2n) is 4.27. The summed E-state index contributed by atoms with van der Waals surface area (Å²) in [6.07, 6.45) is 0. The fourth-order valence-corrected chi connectivity index (χ4v) is 1.71. The quantitative estimate of drug-likeness (QED) is 0.826. The number of benzene rings is 1. The summed E-state index contributed by atoms with van der Waals surface area (Å²) < 4.78 is 1.57. The lowest BCUT2D eigenvalue weighted by molar-refractivity contribution is -0.0590. The maximum atomic E-state index is 11.8. The van der Waals surface area contributed by atoms with Gasteiger partial charge in [0.15, 0.2) is 0 Å². The number of rotatable bonds is 2. The molecule has 88 valence electrons. The van der Waals surface area contributed by atoms with Gasteiger partial charge in [0.1, 0.15) is 0 Å². The van der Waals surface area contributed by atoms with Gasteiger partial charge in [-0.2, -0.15) is 0 Å². The van der Waals surface area contributed by atoms with E-state index in [1.807, 2.05) is 26.8 Å². The van der Waals surface area contributed by atoms with Crippen LogP contribution in [0.1, 0.15) is 31.1 Å². The Morgan fingerprint density at radius 2 is 1.94 bits per heavy atom. The summed E-state index contributed by atoms with van der Waals surface area (Å²) in [4.78, 5) is 17.0. The number of carbonyl (C=O) groups excluding carboxylic acids is 1. The van der Waals surface area contributed by atoms with Crippen molar-refractivity contribution in [3.05, 3.63) is 32.7 Å². The van der Waals surface area contributed by atoms with Crippen molar-refractivity contribution in [2.75, 3.05) is 0 Å². The third-order valence-electron chi connectivity index (χ3n) is 1.62. The number of hydrogen-bond acceptors (Lipinski definition) is 2. The van der Waals surface area contributed by atoms with Crippen molar-refractivity contribution in [3.8, 4) is 0 Å². The van der Waals surface area contributed by atoms with Crippen LogP contribution in [-0.2, 0) is 4.84 Å². The molecule has 1 amide bonds. The molecule has 0 aliphatic carbocycles. The van der Waals surface area contributed by atoms with Crippen molar-refractivity contribution in [2.45, 2.75) is 26.4 Å². The summed E-state index contributed by atoms with van der Waals surface area (Å²) in [7, 11) is 0. The first kappa shape index (κ1) is 13.7. The summed E-state index contributed by atoms with van der Waals surface area (Å²) >= 11 is 6.63. The fourth-order valence-electron chi connectivity index (χ4n) is 0.926. The highest BCUT2D eigenvalue weighted by atomic mass is 79.9. The summed E-state index contributed by atoms with van der Waals surface area (Å²) in [5.41, 5.74) is 2.54. The molecule has 0 saturated heterocycles. The third kappa shape index (κ3) is 4.23. The minimum Gasteiger partial charge on any atom is -0.268 e. The van der Waals surface area contributed by atoms with E-state index in [2.05, 4.69) is 37.3 Å². The minimum absolute atomic E-state index is 0.275. The zero-order valence-electron chi connectivity index (χ0n) is 9.30. The molecule has 1 aromatic carbocycles. The Morgan fingerprint density at radius 3 is 2.50 bits per heavy atom. The van der Waals surface area contributed by atoms with Gasteiger partial charge in [0.2, 0.25) is 0 Å². The third-order valence-corrected chi connectivity index (χ3v) is 2.81. The molecule has 0 aromatic heterocycles. The molecule has 0 spiro atoms. The highest BCUT2D eigenvalue weighted by Gasteiger charge is 2.15. The van der Waals surface area contributed by atoms with Gasteiger partial charge < -0.3 is 0 Å². The van der Waals surface area contributed by atoms with Crippen molar-refractivity contribution in [1.82, 2.24) is 5.48 Å². The molecule has 0 heterocycles. The van der Waals surface area contributed by atoms with Crippen molar-refractivity contribution in [3.63, 3.8) is 0 Å². The van der Waals surface area contributed by atoms with Crippen LogP contribution in [0, 0.1) is 0 Å². The summed E-state index contributed by atoms with van der Waals surface area (Å²) in [6.45, 7) is 5.59. The molecule has 5 heteroatoms. The van der Waals surface area contributed by atoms with Crippen LogP contribution in [0.2, 0.25) is 0 Å². The van der Waals surface area contributed by atoms with Crippen LogP contribution in [0.15, 0.2) is 27.1 Å². The van der Waals surface area contributed by atoms with Crippen LogP contribution in [-0.4, -0.2) is 11.5 Å². The maximum absolute atomic E-state index is 11.8. The van der Waals surface area contributed by atoms with E-state index in [0.717, 1.165) is 8.95 Å². The average Bonchev–Trinajstić information content (AvgIpc) is 2.17. The summed E-state index contributed by atoms with van der Waals surface area (Å²) in [5, 5.41) is 0. The molecule has 0 radical (unpaired) electrons. The molecule has 0 unspecified atom stereocenters. The van der Waals surface area contributed by atoms with Crippen LogP contribution < -0.4 is 5.48 Å². The zero-order valence-corrected chi connectivity index (χ0v) is 12.5. The molecule has 0 bridgehead atoms. The van der Waals surface area contributed by atoms with Gasteiger partial charge in [-0.15, -0.1) is 0 Å². The minimum atomic E-state index is -0.409. The van der Waals surface area contributed by atoms with Gasteiger partial charge in [0.25, 0.3) is 5.91 Å². The van der Waals surface area contributed by atoms with Crippen molar-refractivity contribution in [2.24, 2.45) is 0 Å². The Morgan fingerprint density at radius 1 is 1.31 bits per heavy atom. The average molecular weight is 351 g/mol. The van der Waals surface area contributed by atoms with E-state index in [4.69, 9.17) is 4.84 Å². The lowest BCUT2D eigenvalue weighted by atomic mass is 10.2. The van der Waals surface area contributed by atoms with Gasteiger partial charge in [-0.3, -0.25) is 9.63 Å². The number of nitrogens with one attached hydrogen (secondary N) is 1. The maximum Gasteiger partial charge on any atom is 0.276 e. The predicted octanol–water partition coefficient (Wildman–Crippen LogP) is 3.67. The van der Waals surface area contributed by atoms with Gasteiger partial charge in [0.05, 0.1) is 11.2 Å². The monoisotopic (exact) mass is 349 g/mol. The molecule has 0 aliphatic heterocycles. The van der Waals surface area contributed by atoms with E-state index in [9.17, 15) is 4.79 Å². The first-order chi connectivity index (χ1) is 7.29. The number of amides is 1. The highest BCUT2D eigenvalue weighted by Crippen LogP contribution is 2.21. The Balaban J connectivity index is 2.77. The zero-order chi connectivity index (χ0) is 12.3. The lowest BCUT2D eigenvalue weighted by Gasteiger charge is -2.19. The fraction of sp³-hybridized carbons (Fsp3) is 0.364. The molecule has 0 fully saturated rings. The van der Waals surface area contributed by atoms with Gasteiger partial charge in [-0.05, 0) is 54.9 Å². The highest BCUT2D eigenvalue weighted by molar-refractivity contribution is 9.11. The SMILES string of the molecule is CC(C)(C)ONC(=O)c1cc(Br)ccc1Br. The van der Waals surface area contributed by atoms with Crippen LogP contribution in [0.3, 0.4) is 0 Å². The second kappa shape index (κ2) is 5.29. The van der Waals surface area contributed by atoms with Crippen LogP contribution >= 0.6 is 31.9 Å². The number of hydrogen-bond donors (Lipinski definition) is 1. The Hall–Kier alpha value is -0.390. The lowest BCUT2D eigenvalue weighted by Crippen LogP contribution is -2.33. The van der Waals surface area contributed by atoms with Crippen LogP contribution in [0.4, 0.5) is 0 Å². The van der Waals surface area contributed by atoms with Gasteiger partial charge in [-0.1, -0.05) is 15.9 Å². The molecule has 0 atom stereocenters. The van der Waals surface area contributed by atoms with Crippen molar-refractivity contribution < 1.29 is 9.63 Å². The van der Waals surface area contributed by atoms with E-state index in [-0.39, 0.29) is 5.91 Å². The van der Waals surface area contributed by atoms with E-state index >= 15 is 0 Å². The Kier molecular flexibility index (Phi) is 4.52. The standard InChI is InChI=1S/C11H13Br2NO2/c1-11(2,3)16-14-10(15)8-6-7(12)4-5-9(8)13/h4-6H,1-3H3,(H,14,15). The Bertz CT molecular complexity index is 399. The van der Waals surface area contributed by atoms with Crippen LogP contribution in [0.25, 0.3) is 0 Å². The van der Waals surface area contributed by atoms with Crippen molar-refractivity contribution in [1.29, 1.82) is 0 Å². The molecule has 0 saturated carbocycles. The second-order valence-corrected chi connectivity index (χ2v) is 6.04. The van der Waals surface area contributed by atoms with E-state index in [0.29, 0.717) is 5.56 Å². The molecule has 0 aliphatic rings. The van der Waals surface area contributed by atoms with Gasteiger partial charge in [-0.25, -0.2) is 5.48 Å². The first-order valence-corrected chi connectivity index (χ1v) is 6.31. The number of carbonyl (C=O) groups is 1. The van der Waals surface area contributed by atoms with E-state index in [1.54, 1.807) is 12.1 Å². The smallest absolute Gasteiger partial charge is 0.268 e. The number of hydroxylamine groups is 1. The molecular formula is C11H13Br2NO2. The summed E-state index contributed by atoms with van der Waals surface area (Å²) in [5.74, 6) is -0.275. The van der Waals surface area contributed by atoms with E-state index < -0.39 is 5.60 Å². The number of halogens is 2. The van der Waals surface area contributed by atoms with Gasteiger partial charge >= 0.3 is 0 Å². The van der Waals surface area contributed by atoms with Crippen LogP contribution in [0.5, 0.6) is 0 Å². The molecular weight excluding hydrogens is 338 g/mol. The molecule has 1 N–H and O–H groups in total.